The molecule has 0 rings (SSSR count). The van der Waals surface area contributed by atoms with Crippen LogP contribution < -0.4 is 0 Å². The molecule has 3 nitrogen and oxygen atoms in total. The number of nitrogens with one attached hydrogen (secondary N) is 1. The Kier molecular flexibility index (Phi) is 2.74. The summed E-state index contributed by atoms with van der Waals surface area (Å²) in [5.41, 5.74) is 6.28. The lowest BCUT2D eigenvalue weighted by Gasteiger charge is -1.86. The van der Waals surface area contributed by atoms with E-state index in [1.54, 1.807) is 13.8 Å². The van der Waals surface area contributed by atoms with Gasteiger partial charge >= 0.3 is 6.21 Å². The summed E-state index contributed by atoms with van der Waals surface area (Å²) in [7, 11) is 0. The summed E-state index contributed by atoms with van der Waals surface area (Å²) < 4.78 is 0. The van der Waals surface area contributed by atoms with Crippen LogP contribution in [0.15, 0.2) is 0 Å². The van der Waals surface area contributed by atoms with E-state index >= 15 is 0 Å². The highest BCUT2D eigenvalue weighted by molar-refractivity contribution is 6.25. The molecule has 0 heterocycles. The summed E-state index contributed by atoms with van der Waals surface area (Å²) in [6, 6.07) is 0. The summed E-state index contributed by atoms with van der Waals surface area (Å²) >= 11 is 0. The Morgan fingerprint density at radius 3 is 2.38 bits per heavy atom. The molecular formula is C5H9N2O+. The molecule has 44 valence electrons. The SMILES string of the molecule is CC(C)C(=O)C=[N+]=N. The molecule has 0 atom stereocenters. The van der Waals surface area contributed by atoms with E-state index in [0.717, 1.165) is 6.21 Å². The Morgan fingerprint density at radius 2 is 2.25 bits per heavy atom. The normalized spacial score (nSPS) is 8.38. The van der Waals surface area contributed by atoms with Crippen LogP contribution in [0.3, 0.4) is 0 Å². The number of ketones is 1. The molecule has 3 heteroatoms. The predicted molar refractivity (Wildman–Crippen MR) is 28.9 cm³/mol. The smallest absolute Gasteiger partial charge is 0.286 e. The molecule has 0 aliphatic rings. The predicted octanol–water partition coefficient (Wildman–Crippen LogP) is 0.521. The van der Waals surface area contributed by atoms with Crippen LogP contribution in [0.4, 0.5) is 0 Å². The molecule has 0 radical (unpaired) electrons. The maximum atomic E-state index is 10.5. The Morgan fingerprint density at radius 1 is 1.75 bits per heavy atom. The molecule has 8 heavy (non-hydrogen) atoms. The molecule has 0 aromatic rings. The molecule has 1 N–H and O–H groups in total. The first kappa shape index (κ1) is 7.05. The molecule has 0 unspecified atom stereocenters. The maximum Gasteiger partial charge on any atom is 0.372 e. The Labute approximate surface area is 47.9 Å². The molecule has 0 aliphatic heterocycles. The first-order valence-corrected chi connectivity index (χ1v) is 2.42. The van der Waals surface area contributed by atoms with Crippen LogP contribution >= 0.6 is 0 Å². The molecule has 0 aliphatic carbocycles. The van der Waals surface area contributed by atoms with Crippen molar-refractivity contribution < 1.29 is 9.58 Å². The van der Waals surface area contributed by atoms with Crippen LogP contribution in [-0.4, -0.2) is 16.8 Å². The van der Waals surface area contributed by atoms with Gasteiger partial charge in [-0.3, -0.25) is 4.79 Å². The summed E-state index contributed by atoms with van der Waals surface area (Å²) in [5.74, 6) is -0.135. The molecule has 0 saturated heterocycles. The van der Waals surface area contributed by atoms with E-state index in [2.05, 4.69) is 4.79 Å². The van der Waals surface area contributed by atoms with Gasteiger partial charge in [0, 0.05) is 5.92 Å². The zero-order chi connectivity index (χ0) is 6.57. The van der Waals surface area contributed by atoms with Crippen molar-refractivity contribution in [3.05, 3.63) is 0 Å². The van der Waals surface area contributed by atoms with Gasteiger partial charge in [0.25, 0.3) is 0 Å². The van der Waals surface area contributed by atoms with Gasteiger partial charge in [0.05, 0.1) is 10.3 Å². The Hall–Kier alpha value is -0.950. The number of hydrogen-bond acceptors (Lipinski definition) is 2. The fourth-order valence-electron chi connectivity index (χ4n) is 0.213. The van der Waals surface area contributed by atoms with E-state index in [4.69, 9.17) is 5.53 Å². The van der Waals surface area contributed by atoms with Crippen LogP contribution in [0, 0.1) is 11.4 Å². The highest BCUT2D eigenvalue weighted by Crippen LogP contribution is 1.88. The van der Waals surface area contributed by atoms with Gasteiger partial charge in [0.1, 0.15) is 0 Å². The first-order valence-electron chi connectivity index (χ1n) is 2.42. The molecule has 0 aromatic carbocycles. The second-order valence-corrected chi connectivity index (χ2v) is 1.82. The Bertz CT molecular complexity index is 133. The van der Waals surface area contributed by atoms with E-state index in [0.29, 0.717) is 0 Å². The topological polar surface area (TPSA) is 55.0 Å². The third-order valence-corrected chi connectivity index (χ3v) is 0.761. The van der Waals surface area contributed by atoms with Crippen molar-refractivity contribution in [2.75, 3.05) is 0 Å². The number of hydrogen-bond donors (Lipinski definition) is 1. The molecule has 0 spiro atoms. The van der Waals surface area contributed by atoms with Crippen LogP contribution in [-0.2, 0) is 4.79 Å². The standard InChI is InChI=1S/C5H9N2O/c1-4(2)5(8)3-7-6/h3-4,6H,1-2H3/q+1. The van der Waals surface area contributed by atoms with Gasteiger partial charge in [-0.2, -0.15) is 0 Å². The highest BCUT2D eigenvalue weighted by Gasteiger charge is 2.07. The summed E-state index contributed by atoms with van der Waals surface area (Å²) in [6.07, 6.45) is 1.02. The summed E-state index contributed by atoms with van der Waals surface area (Å²) in [4.78, 5) is 13.3. The van der Waals surface area contributed by atoms with Gasteiger partial charge in [-0.25, -0.2) is 0 Å². The van der Waals surface area contributed by atoms with E-state index < -0.39 is 0 Å². The van der Waals surface area contributed by atoms with E-state index in [-0.39, 0.29) is 11.7 Å². The lowest BCUT2D eigenvalue weighted by molar-refractivity contribution is -0.133. The van der Waals surface area contributed by atoms with Crippen LogP contribution in [0.25, 0.3) is 0 Å². The van der Waals surface area contributed by atoms with E-state index in [1.165, 1.54) is 0 Å². The van der Waals surface area contributed by atoms with Crippen molar-refractivity contribution in [1.82, 2.24) is 0 Å². The molecule has 0 fully saturated rings. The van der Waals surface area contributed by atoms with Gasteiger partial charge in [-0.15, -0.1) is 0 Å². The summed E-state index contributed by atoms with van der Waals surface area (Å²) in [6.45, 7) is 3.54. The van der Waals surface area contributed by atoms with E-state index in [1.807, 2.05) is 0 Å². The van der Waals surface area contributed by atoms with Crippen molar-refractivity contribution in [2.24, 2.45) is 5.92 Å². The molecular weight excluding hydrogens is 104 g/mol. The summed E-state index contributed by atoms with van der Waals surface area (Å²) in [5, 5.41) is 0. The molecule has 0 saturated carbocycles. The second-order valence-electron chi connectivity index (χ2n) is 1.82. The highest BCUT2D eigenvalue weighted by atomic mass is 16.1. The molecule has 0 amide bonds. The minimum atomic E-state index is -0.0972. The Balaban J connectivity index is 3.84. The van der Waals surface area contributed by atoms with Crippen LogP contribution in [0.1, 0.15) is 13.8 Å². The second kappa shape index (κ2) is 3.10. The minimum Gasteiger partial charge on any atom is -0.286 e. The lowest BCUT2D eigenvalue weighted by Crippen LogP contribution is -2.07. The van der Waals surface area contributed by atoms with Crippen molar-refractivity contribution in [1.29, 1.82) is 5.53 Å². The van der Waals surface area contributed by atoms with Gasteiger partial charge in [-0.05, 0) is 0 Å². The first-order chi connectivity index (χ1) is 3.68. The maximum absolute atomic E-state index is 10.5. The van der Waals surface area contributed by atoms with Gasteiger partial charge in [0.2, 0.25) is 5.78 Å². The molecule has 0 bridgehead atoms. The largest absolute Gasteiger partial charge is 0.372 e. The zero-order valence-corrected chi connectivity index (χ0v) is 5.01. The third-order valence-electron chi connectivity index (χ3n) is 0.761. The third kappa shape index (κ3) is 2.26. The number of Topliss-reactive ketones (excluding diaryl/α,β-unsaturated/α-hetero) is 1. The average Bonchev–Trinajstić information content (AvgIpc) is 1.67. The van der Waals surface area contributed by atoms with Crippen molar-refractivity contribution >= 4 is 12.0 Å². The fraction of sp³-hybridized carbons (Fsp3) is 0.600. The van der Waals surface area contributed by atoms with Crippen molar-refractivity contribution in [3.8, 4) is 0 Å². The lowest BCUT2D eigenvalue weighted by atomic mass is 10.1. The number of carbonyl (C=O) groups is 1. The van der Waals surface area contributed by atoms with Crippen molar-refractivity contribution in [3.63, 3.8) is 0 Å². The van der Waals surface area contributed by atoms with E-state index in [9.17, 15) is 4.79 Å². The van der Waals surface area contributed by atoms with Gasteiger partial charge in [0.15, 0.2) is 0 Å². The van der Waals surface area contributed by atoms with Gasteiger partial charge < -0.3 is 0 Å². The average molecular weight is 113 g/mol. The van der Waals surface area contributed by atoms with Crippen LogP contribution in [0.5, 0.6) is 0 Å². The zero-order valence-electron chi connectivity index (χ0n) is 5.01. The molecule has 0 aromatic heterocycles. The quantitative estimate of drug-likeness (QED) is 0.317. The number of rotatable bonds is 2. The van der Waals surface area contributed by atoms with Crippen LogP contribution in [0.2, 0.25) is 0 Å². The monoisotopic (exact) mass is 113 g/mol. The van der Waals surface area contributed by atoms with Gasteiger partial charge in [-0.1, -0.05) is 13.8 Å². The number of carbonyl (C=O) groups excluding carboxylic acids is 1. The number of nitrogens with zero attached hydrogens (tertiary/aromatic N) is 1. The fourth-order valence-corrected chi connectivity index (χ4v) is 0.213. The minimum absolute atomic E-state index is 0.0379. The van der Waals surface area contributed by atoms with Crippen molar-refractivity contribution in [2.45, 2.75) is 13.8 Å².